The predicted molar refractivity (Wildman–Crippen MR) is 207 cm³/mol. The Balaban J connectivity index is 1.18. The van der Waals surface area contributed by atoms with Crippen LogP contribution in [-0.2, 0) is 0 Å². The van der Waals surface area contributed by atoms with Gasteiger partial charge in [0.15, 0.2) is 17.5 Å². The summed E-state index contributed by atoms with van der Waals surface area (Å²) in [5.41, 5.74) is 12.3. The van der Waals surface area contributed by atoms with Gasteiger partial charge in [-0.2, -0.15) is 0 Å². The number of imidazole rings is 1. The van der Waals surface area contributed by atoms with E-state index in [1.54, 1.807) is 0 Å². The van der Waals surface area contributed by atoms with Crippen molar-refractivity contribution in [2.24, 2.45) is 0 Å². The molecule has 51 heavy (non-hydrogen) atoms. The Morgan fingerprint density at radius 3 is 1.25 bits per heavy atom. The van der Waals surface area contributed by atoms with Crippen LogP contribution < -0.4 is 0 Å². The third kappa shape index (κ3) is 5.98. The number of rotatable bonds is 7. The van der Waals surface area contributed by atoms with Crippen molar-refractivity contribution in [3.63, 3.8) is 0 Å². The van der Waals surface area contributed by atoms with Gasteiger partial charge >= 0.3 is 0 Å². The summed E-state index contributed by atoms with van der Waals surface area (Å²) in [6.45, 7) is 0. The molecule has 0 spiro atoms. The Labute approximate surface area is 296 Å². The van der Waals surface area contributed by atoms with Gasteiger partial charge in [0.05, 0.1) is 11.4 Å². The van der Waals surface area contributed by atoms with Crippen LogP contribution in [0.2, 0.25) is 0 Å². The van der Waals surface area contributed by atoms with Crippen LogP contribution in [0.15, 0.2) is 188 Å². The first-order valence-electron chi connectivity index (χ1n) is 17.0. The van der Waals surface area contributed by atoms with Crippen molar-refractivity contribution < 1.29 is 0 Å². The Hall–Kier alpha value is -6.98. The van der Waals surface area contributed by atoms with Gasteiger partial charge in [0.1, 0.15) is 5.65 Å². The number of hydrogen-bond acceptors (Lipinski definition) is 4. The molecule has 0 bridgehead atoms. The standard InChI is InChI=1S/C46H31N5/c1-5-15-32(16-6-1)38-29-39(31-40(30-38)46-49-44(36-19-9-3-10-20-36)48-45(50-46)37-21-11-4-12-22-37)33-24-26-34(27-25-33)42-43(35-17-7-2-8-18-35)51-28-14-13-23-41(51)47-42/h1-31H. The maximum atomic E-state index is 5.08. The Morgan fingerprint density at radius 1 is 0.294 bits per heavy atom. The number of nitrogens with zero attached hydrogens (tertiary/aromatic N) is 5. The molecule has 6 aromatic carbocycles. The second-order valence-corrected chi connectivity index (χ2v) is 12.4. The van der Waals surface area contributed by atoms with Gasteiger partial charge in [0.25, 0.3) is 0 Å². The number of benzene rings is 6. The highest BCUT2D eigenvalue weighted by molar-refractivity contribution is 5.85. The van der Waals surface area contributed by atoms with Gasteiger partial charge in [0.2, 0.25) is 0 Å². The molecule has 0 amide bonds. The second-order valence-electron chi connectivity index (χ2n) is 12.4. The number of pyridine rings is 1. The summed E-state index contributed by atoms with van der Waals surface area (Å²) >= 11 is 0. The van der Waals surface area contributed by atoms with Crippen molar-refractivity contribution in [3.8, 4) is 78.9 Å². The Kier molecular flexibility index (Phi) is 7.76. The van der Waals surface area contributed by atoms with Crippen LogP contribution in [0.3, 0.4) is 0 Å². The number of aromatic nitrogens is 5. The minimum absolute atomic E-state index is 0.621. The molecule has 0 aliphatic carbocycles. The van der Waals surface area contributed by atoms with Crippen LogP contribution in [-0.4, -0.2) is 24.3 Å². The molecule has 0 saturated heterocycles. The molecule has 0 aliphatic heterocycles. The summed E-state index contributed by atoms with van der Waals surface area (Å²) in [5, 5.41) is 0. The number of hydrogen-bond donors (Lipinski definition) is 0. The first-order chi connectivity index (χ1) is 25.3. The van der Waals surface area contributed by atoms with E-state index in [1.807, 2.05) is 84.9 Å². The second kappa shape index (κ2) is 13.1. The van der Waals surface area contributed by atoms with Crippen molar-refractivity contribution in [1.82, 2.24) is 24.3 Å². The first-order valence-corrected chi connectivity index (χ1v) is 17.0. The fourth-order valence-electron chi connectivity index (χ4n) is 6.55. The highest BCUT2D eigenvalue weighted by Gasteiger charge is 2.17. The van der Waals surface area contributed by atoms with Crippen LogP contribution in [0.25, 0.3) is 84.6 Å². The maximum Gasteiger partial charge on any atom is 0.164 e. The predicted octanol–water partition coefficient (Wildman–Crippen LogP) is 11.2. The lowest BCUT2D eigenvalue weighted by Gasteiger charge is -2.13. The fourth-order valence-corrected chi connectivity index (χ4v) is 6.55. The molecule has 3 aromatic heterocycles. The van der Waals surface area contributed by atoms with Gasteiger partial charge in [-0.1, -0.05) is 152 Å². The topological polar surface area (TPSA) is 56.0 Å². The average molecular weight is 654 g/mol. The molecule has 9 rings (SSSR count). The fraction of sp³-hybridized carbons (Fsp3) is 0. The molecular weight excluding hydrogens is 623 g/mol. The summed E-state index contributed by atoms with van der Waals surface area (Å²) in [6.07, 6.45) is 2.08. The molecule has 0 atom stereocenters. The van der Waals surface area contributed by atoms with Crippen molar-refractivity contribution in [3.05, 3.63) is 188 Å². The first kappa shape index (κ1) is 30.1. The van der Waals surface area contributed by atoms with Gasteiger partial charge < -0.3 is 0 Å². The van der Waals surface area contributed by atoms with Gasteiger partial charge in [-0.15, -0.1) is 0 Å². The summed E-state index contributed by atoms with van der Waals surface area (Å²) in [4.78, 5) is 20.1. The molecule has 240 valence electrons. The third-order valence-corrected chi connectivity index (χ3v) is 9.07. The third-order valence-electron chi connectivity index (χ3n) is 9.07. The smallest absolute Gasteiger partial charge is 0.164 e. The molecular formula is C46H31N5. The largest absolute Gasteiger partial charge is 0.299 e. The lowest BCUT2D eigenvalue weighted by atomic mass is 9.94. The molecule has 0 N–H and O–H groups in total. The zero-order chi connectivity index (χ0) is 34.0. The van der Waals surface area contributed by atoms with Crippen LogP contribution in [0.1, 0.15) is 0 Å². The van der Waals surface area contributed by atoms with Gasteiger partial charge in [0, 0.05) is 34.0 Å². The van der Waals surface area contributed by atoms with E-state index in [9.17, 15) is 0 Å². The molecule has 0 saturated carbocycles. The average Bonchev–Trinajstić information content (AvgIpc) is 3.62. The lowest BCUT2D eigenvalue weighted by Crippen LogP contribution is -2.00. The summed E-state index contributed by atoms with van der Waals surface area (Å²) in [6, 6.07) is 62.5. The van der Waals surface area contributed by atoms with Crippen LogP contribution in [0.5, 0.6) is 0 Å². The Morgan fingerprint density at radius 2 is 0.706 bits per heavy atom. The number of fused-ring (bicyclic) bond motifs is 1. The van der Waals surface area contributed by atoms with E-state index in [-0.39, 0.29) is 0 Å². The molecule has 3 heterocycles. The minimum Gasteiger partial charge on any atom is -0.299 e. The zero-order valence-corrected chi connectivity index (χ0v) is 27.6. The van der Waals surface area contributed by atoms with Crippen molar-refractivity contribution >= 4 is 5.65 Å². The van der Waals surface area contributed by atoms with Crippen molar-refractivity contribution in [2.75, 3.05) is 0 Å². The van der Waals surface area contributed by atoms with Crippen LogP contribution in [0.4, 0.5) is 0 Å². The normalized spacial score (nSPS) is 11.1. The van der Waals surface area contributed by atoms with E-state index in [0.29, 0.717) is 17.5 Å². The monoisotopic (exact) mass is 653 g/mol. The van der Waals surface area contributed by atoms with Gasteiger partial charge in [-0.25, -0.2) is 19.9 Å². The SMILES string of the molecule is c1ccc(-c2cc(-c3ccc(-c4nc5ccccn5c4-c4ccccc4)cc3)cc(-c3nc(-c4ccccc4)nc(-c4ccccc4)n3)c2)cc1. The molecule has 5 nitrogen and oxygen atoms in total. The van der Waals surface area contributed by atoms with Crippen molar-refractivity contribution in [2.45, 2.75) is 0 Å². The van der Waals surface area contributed by atoms with E-state index in [0.717, 1.165) is 67.1 Å². The Bertz CT molecular complexity index is 2540. The molecule has 5 heteroatoms. The van der Waals surface area contributed by atoms with E-state index in [4.69, 9.17) is 19.9 Å². The molecule has 0 unspecified atom stereocenters. The maximum absolute atomic E-state index is 5.08. The van der Waals surface area contributed by atoms with E-state index >= 15 is 0 Å². The summed E-state index contributed by atoms with van der Waals surface area (Å²) in [7, 11) is 0. The van der Waals surface area contributed by atoms with Gasteiger partial charge in [-0.05, 0) is 52.6 Å². The molecule has 0 fully saturated rings. The summed E-state index contributed by atoms with van der Waals surface area (Å²) in [5.74, 6) is 1.89. The van der Waals surface area contributed by atoms with Crippen LogP contribution in [0, 0.1) is 0 Å². The molecule has 0 aliphatic rings. The van der Waals surface area contributed by atoms with Gasteiger partial charge in [-0.3, -0.25) is 4.40 Å². The molecule has 0 radical (unpaired) electrons. The van der Waals surface area contributed by atoms with E-state index in [2.05, 4.69) is 108 Å². The molecule has 9 aromatic rings. The van der Waals surface area contributed by atoms with E-state index in [1.165, 1.54) is 0 Å². The van der Waals surface area contributed by atoms with Crippen LogP contribution >= 0.6 is 0 Å². The lowest BCUT2D eigenvalue weighted by molar-refractivity contribution is 1.07. The van der Waals surface area contributed by atoms with Crippen molar-refractivity contribution in [1.29, 1.82) is 0 Å². The highest BCUT2D eigenvalue weighted by Crippen LogP contribution is 2.36. The zero-order valence-electron chi connectivity index (χ0n) is 27.6. The quantitative estimate of drug-likeness (QED) is 0.172. The van der Waals surface area contributed by atoms with E-state index < -0.39 is 0 Å². The highest BCUT2D eigenvalue weighted by atomic mass is 15.0. The minimum atomic E-state index is 0.621. The summed E-state index contributed by atoms with van der Waals surface area (Å²) < 4.78 is 2.16.